The summed E-state index contributed by atoms with van der Waals surface area (Å²) >= 11 is 5.79. The van der Waals surface area contributed by atoms with Gasteiger partial charge in [0.2, 0.25) is 0 Å². The Morgan fingerprint density at radius 2 is 2.05 bits per heavy atom. The second-order valence-corrected chi connectivity index (χ2v) is 6.25. The number of anilines is 1. The molecule has 1 heterocycles. The van der Waals surface area contributed by atoms with E-state index in [1.807, 2.05) is 0 Å². The van der Waals surface area contributed by atoms with Gasteiger partial charge in [0.05, 0.1) is 10.7 Å². The lowest BCUT2D eigenvalue weighted by Gasteiger charge is -2.11. The van der Waals surface area contributed by atoms with Crippen LogP contribution in [-0.2, 0) is 10.0 Å². The first-order valence-corrected chi connectivity index (χ1v) is 7.57. The van der Waals surface area contributed by atoms with E-state index in [1.54, 1.807) is 0 Å². The molecule has 0 aliphatic rings. The summed E-state index contributed by atoms with van der Waals surface area (Å²) in [6.07, 6.45) is 0. The standard InChI is InChI=1S/C12H11ClN2O5S/c1-6-11(7(2)20-14-6)21(18,19)15-9-5-3-4-8(13)10(9)12(16)17/h3-5,15H,1-2H3,(H,16,17). The first kappa shape index (κ1) is 15.3. The molecule has 0 saturated heterocycles. The highest BCUT2D eigenvalue weighted by atomic mass is 35.5. The third kappa shape index (κ3) is 2.86. The number of nitrogens with one attached hydrogen (secondary N) is 1. The number of hydrogen-bond acceptors (Lipinski definition) is 5. The molecule has 1 aromatic heterocycles. The van der Waals surface area contributed by atoms with Gasteiger partial charge in [-0.1, -0.05) is 22.8 Å². The van der Waals surface area contributed by atoms with Gasteiger partial charge >= 0.3 is 5.97 Å². The van der Waals surface area contributed by atoms with Crippen LogP contribution in [0.15, 0.2) is 27.6 Å². The zero-order chi connectivity index (χ0) is 15.8. The lowest BCUT2D eigenvalue weighted by atomic mass is 10.2. The van der Waals surface area contributed by atoms with Crippen LogP contribution in [0, 0.1) is 13.8 Å². The van der Waals surface area contributed by atoms with Crippen molar-refractivity contribution in [3.63, 3.8) is 0 Å². The van der Waals surface area contributed by atoms with Crippen molar-refractivity contribution in [1.29, 1.82) is 0 Å². The zero-order valence-corrected chi connectivity index (χ0v) is 12.6. The number of nitrogens with zero attached hydrogens (tertiary/aromatic N) is 1. The average molecular weight is 331 g/mol. The molecule has 2 aromatic rings. The van der Waals surface area contributed by atoms with E-state index < -0.39 is 16.0 Å². The van der Waals surface area contributed by atoms with E-state index in [1.165, 1.54) is 32.0 Å². The predicted octanol–water partition coefficient (Wildman–Crippen LogP) is 2.44. The summed E-state index contributed by atoms with van der Waals surface area (Å²) in [5, 5.41) is 12.6. The minimum absolute atomic E-state index is 0.0681. The lowest BCUT2D eigenvalue weighted by Crippen LogP contribution is -2.17. The molecule has 0 bridgehead atoms. The van der Waals surface area contributed by atoms with Gasteiger partial charge in [0.1, 0.15) is 11.3 Å². The van der Waals surface area contributed by atoms with Crippen molar-refractivity contribution in [3.8, 4) is 0 Å². The summed E-state index contributed by atoms with van der Waals surface area (Å²) in [6, 6.07) is 4.11. The molecule has 112 valence electrons. The van der Waals surface area contributed by atoms with E-state index >= 15 is 0 Å². The highest BCUT2D eigenvalue weighted by Crippen LogP contribution is 2.28. The third-order valence-corrected chi connectivity index (χ3v) is 4.63. The van der Waals surface area contributed by atoms with E-state index in [-0.39, 0.29) is 32.6 Å². The number of carboxylic acids is 1. The highest BCUT2D eigenvalue weighted by molar-refractivity contribution is 7.92. The Labute approximate surface area is 125 Å². The van der Waals surface area contributed by atoms with Crippen molar-refractivity contribution in [1.82, 2.24) is 5.16 Å². The van der Waals surface area contributed by atoms with Crippen LogP contribution in [0.3, 0.4) is 0 Å². The minimum atomic E-state index is -4.03. The monoisotopic (exact) mass is 330 g/mol. The normalized spacial score (nSPS) is 11.4. The third-order valence-electron chi connectivity index (χ3n) is 2.71. The molecule has 0 aliphatic heterocycles. The van der Waals surface area contributed by atoms with Gasteiger partial charge < -0.3 is 9.63 Å². The number of benzene rings is 1. The van der Waals surface area contributed by atoms with E-state index in [2.05, 4.69) is 9.88 Å². The molecule has 0 amide bonds. The summed E-state index contributed by atoms with van der Waals surface area (Å²) < 4.78 is 31.7. The van der Waals surface area contributed by atoms with Crippen LogP contribution in [0.25, 0.3) is 0 Å². The Kier molecular flexibility index (Phi) is 3.93. The van der Waals surface area contributed by atoms with Gasteiger partial charge in [-0.2, -0.15) is 0 Å². The number of aromatic carboxylic acids is 1. The van der Waals surface area contributed by atoms with E-state index in [0.717, 1.165) is 0 Å². The van der Waals surface area contributed by atoms with Gasteiger partial charge in [0.25, 0.3) is 10.0 Å². The maximum absolute atomic E-state index is 12.3. The first-order chi connectivity index (χ1) is 9.74. The van der Waals surface area contributed by atoms with Gasteiger partial charge in [-0.3, -0.25) is 4.72 Å². The van der Waals surface area contributed by atoms with Gasteiger partial charge in [0.15, 0.2) is 10.7 Å². The molecular formula is C12H11ClN2O5S. The Hall–Kier alpha value is -2.06. The number of aryl methyl sites for hydroxylation is 2. The van der Waals surface area contributed by atoms with Crippen molar-refractivity contribution >= 4 is 33.3 Å². The molecule has 0 aliphatic carbocycles. The van der Waals surface area contributed by atoms with Gasteiger partial charge in [-0.15, -0.1) is 0 Å². The van der Waals surface area contributed by atoms with Crippen LogP contribution < -0.4 is 4.72 Å². The average Bonchev–Trinajstić information content (AvgIpc) is 2.68. The van der Waals surface area contributed by atoms with Gasteiger partial charge in [0, 0.05) is 0 Å². The summed E-state index contributed by atoms with van der Waals surface area (Å²) in [5.41, 5.74) is -0.275. The number of carboxylic acid groups (broad SMARTS) is 1. The van der Waals surface area contributed by atoms with Crippen molar-refractivity contribution < 1.29 is 22.8 Å². The topological polar surface area (TPSA) is 110 Å². The van der Waals surface area contributed by atoms with Crippen LogP contribution in [0.2, 0.25) is 5.02 Å². The molecular weight excluding hydrogens is 320 g/mol. The van der Waals surface area contributed by atoms with Gasteiger partial charge in [-0.25, -0.2) is 13.2 Å². The van der Waals surface area contributed by atoms with E-state index in [9.17, 15) is 13.2 Å². The lowest BCUT2D eigenvalue weighted by molar-refractivity contribution is 0.0698. The Bertz CT molecular complexity index is 794. The molecule has 21 heavy (non-hydrogen) atoms. The summed E-state index contributed by atoms with van der Waals surface area (Å²) in [7, 11) is -4.03. The van der Waals surface area contributed by atoms with Crippen LogP contribution >= 0.6 is 11.6 Å². The maximum Gasteiger partial charge on any atom is 0.339 e. The highest BCUT2D eigenvalue weighted by Gasteiger charge is 2.26. The number of rotatable bonds is 4. The Balaban J connectivity index is 2.53. The largest absolute Gasteiger partial charge is 0.478 e. The Morgan fingerprint density at radius 1 is 1.38 bits per heavy atom. The number of halogens is 1. The van der Waals surface area contributed by atoms with Gasteiger partial charge in [-0.05, 0) is 26.0 Å². The minimum Gasteiger partial charge on any atom is -0.478 e. The number of sulfonamides is 1. The fourth-order valence-electron chi connectivity index (χ4n) is 1.88. The fourth-order valence-corrected chi connectivity index (χ4v) is 3.54. The zero-order valence-electron chi connectivity index (χ0n) is 11.0. The second kappa shape index (κ2) is 5.38. The molecule has 0 radical (unpaired) electrons. The Morgan fingerprint density at radius 3 is 2.57 bits per heavy atom. The first-order valence-electron chi connectivity index (χ1n) is 5.71. The van der Waals surface area contributed by atoms with Crippen molar-refractivity contribution in [3.05, 3.63) is 40.2 Å². The molecule has 7 nitrogen and oxygen atoms in total. The van der Waals surface area contributed by atoms with E-state index in [0.29, 0.717) is 0 Å². The molecule has 0 saturated carbocycles. The quantitative estimate of drug-likeness (QED) is 0.891. The smallest absolute Gasteiger partial charge is 0.339 e. The molecule has 2 N–H and O–H groups in total. The molecule has 9 heteroatoms. The molecule has 0 spiro atoms. The van der Waals surface area contributed by atoms with E-state index in [4.69, 9.17) is 21.2 Å². The van der Waals surface area contributed by atoms with Crippen molar-refractivity contribution in [2.45, 2.75) is 18.7 Å². The molecule has 0 unspecified atom stereocenters. The molecule has 1 aromatic carbocycles. The molecule has 0 fully saturated rings. The summed E-state index contributed by atoms with van der Waals surface area (Å²) in [4.78, 5) is 11.1. The number of carbonyl (C=O) groups is 1. The number of aromatic nitrogens is 1. The van der Waals surface area contributed by atoms with Crippen molar-refractivity contribution in [2.24, 2.45) is 0 Å². The van der Waals surface area contributed by atoms with Crippen LogP contribution in [-0.4, -0.2) is 24.7 Å². The predicted molar refractivity (Wildman–Crippen MR) is 75.2 cm³/mol. The maximum atomic E-state index is 12.3. The van der Waals surface area contributed by atoms with Crippen molar-refractivity contribution in [2.75, 3.05) is 4.72 Å². The van der Waals surface area contributed by atoms with Crippen LogP contribution in [0.5, 0.6) is 0 Å². The summed E-state index contributed by atoms with van der Waals surface area (Å²) in [5.74, 6) is -1.23. The number of hydrogen-bond donors (Lipinski definition) is 2. The molecule has 0 atom stereocenters. The van der Waals surface area contributed by atoms with Crippen LogP contribution in [0.4, 0.5) is 5.69 Å². The fraction of sp³-hybridized carbons (Fsp3) is 0.167. The SMILES string of the molecule is Cc1noc(C)c1S(=O)(=O)Nc1cccc(Cl)c1C(=O)O. The second-order valence-electron chi connectivity index (χ2n) is 4.23. The summed E-state index contributed by atoms with van der Waals surface area (Å²) in [6.45, 7) is 2.92. The van der Waals surface area contributed by atoms with Crippen LogP contribution in [0.1, 0.15) is 21.8 Å². The molecule has 2 rings (SSSR count).